The molecule has 0 aliphatic rings. The topological polar surface area (TPSA) is 92.3 Å². The van der Waals surface area contributed by atoms with Gasteiger partial charge in [0.2, 0.25) is 11.8 Å². The van der Waals surface area contributed by atoms with Crippen molar-refractivity contribution in [3.05, 3.63) is 12.1 Å². The number of hydrogen-bond acceptors (Lipinski definition) is 6. The number of rotatable bonds is 6. The predicted octanol–water partition coefficient (Wildman–Crippen LogP) is 0.963. The molecule has 0 saturated carbocycles. The number of ketones is 1. The minimum absolute atomic E-state index is 0.158. The minimum Gasteiger partial charge on any atom is -0.347 e. The van der Waals surface area contributed by atoms with Gasteiger partial charge in [0.15, 0.2) is 11.6 Å². The van der Waals surface area contributed by atoms with Gasteiger partial charge in [-0.2, -0.15) is 0 Å². The lowest BCUT2D eigenvalue weighted by Crippen LogP contribution is -2.35. The summed E-state index contributed by atoms with van der Waals surface area (Å²) in [5.41, 5.74) is 0. The predicted molar refractivity (Wildman–Crippen MR) is 80.0 cm³/mol. The highest BCUT2D eigenvalue weighted by Gasteiger charge is 2.26. The Balaban J connectivity index is 2.79. The molecule has 1 aromatic rings. The van der Waals surface area contributed by atoms with Crippen LogP contribution in [-0.2, 0) is 14.4 Å². The molecule has 2 amide bonds. The number of carbonyl (C=O) groups is 3. The van der Waals surface area contributed by atoms with E-state index in [1.54, 1.807) is 33.2 Å². The van der Waals surface area contributed by atoms with Gasteiger partial charge in [-0.25, -0.2) is 0 Å². The third kappa shape index (κ3) is 5.14. The van der Waals surface area contributed by atoms with Crippen molar-refractivity contribution in [2.45, 2.75) is 30.5 Å². The smallest absolute Gasteiger partial charge is 0.243 e. The number of aromatic nitrogens is 2. The van der Waals surface area contributed by atoms with Gasteiger partial charge in [0.1, 0.15) is 10.3 Å². The largest absolute Gasteiger partial charge is 0.347 e. The van der Waals surface area contributed by atoms with Crippen molar-refractivity contribution in [1.29, 1.82) is 0 Å². The molecule has 0 aliphatic heterocycles. The Morgan fingerprint density at radius 2 is 1.95 bits per heavy atom. The quantitative estimate of drug-likeness (QED) is 0.621. The molecule has 0 bridgehead atoms. The highest BCUT2D eigenvalue weighted by atomic mass is 32.2. The van der Waals surface area contributed by atoms with Crippen LogP contribution in [0.25, 0.3) is 0 Å². The summed E-state index contributed by atoms with van der Waals surface area (Å²) >= 11 is 1.04. The molecule has 1 atom stereocenters. The Labute approximate surface area is 127 Å². The van der Waals surface area contributed by atoms with Crippen LogP contribution in [0.5, 0.6) is 0 Å². The summed E-state index contributed by atoms with van der Waals surface area (Å²) in [7, 11) is 3.18. The van der Waals surface area contributed by atoms with Gasteiger partial charge in [-0.3, -0.25) is 14.4 Å². The summed E-state index contributed by atoms with van der Waals surface area (Å²) in [6, 6.07) is 3.20. The molecule has 0 radical (unpaired) electrons. The number of anilines is 1. The molecular formula is C13H18N4O3S. The maximum atomic E-state index is 11.9. The molecule has 7 nitrogen and oxygen atoms in total. The summed E-state index contributed by atoms with van der Waals surface area (Å²) < 4.78 is 0. The number of nitrogens with zero attached hydrogens (tertiary/aromatic N) is 3. The van der Waals surface area contributed by atoms with E-state index in [9.17, 15) is 14.4 Å². The zero-order valence-corrected chi connectivity index (χ0v) is 13.2. The molecule has 114 valence electrons. The second-order valence-corrected chi connectivity index (χ2v) is 5.63. The van der Waals surface area contributed by atoms with Crippen LogP contribution in [0.1, 0.15) is 20.3 Å². The third-order valence-corrected chi connectivity index (χ3v) is 3.73. The highest BCUT2D eigenvalue weighted by molar-refractivity contribution is 8.01. The summed E-state index contributed by atoms with van der Waals surface area (Å²) in [5.74, 6) is -0.361. The van der Waals surface area contributed by atoms with Crippen LogP contribution in [0.2, 0.25) is 0 Å². The molecule has 1 unspecified atom stereocenters. The second kappa shape index (κ2) is 7.72. The van der Waals surface area contributed by atoms with E-state index >= 15 is 0 Å². The maximum absolute atomic E-state index is 11.9. The number of carbonyl (C=O) groups excluding carboxylic acids is 3. The first kappa shape index (κ1) is 17.1. The molecule has 0 saturated heterocycles. The summed E-state index contributed by atoms with van der Waals surface area (Å²) in [4.78, 5) is 36.1. The fraction of sp³-hybridized carbons (Fsp3) is 0.462. The molecule has 0 spiro atoms. The SMILES string of the molecule is CCC(=O)Nc1ccc(SC(C(C)=O)C(=O)N(C)C)nn1. The van der Waals surface area contributed by atoms with Crippen LogP contribution in [0.15, 0.2) is 17.2 Å². The van der Waals surface area contributed by atoms with E-state index in [4.69, 9.17) is 0 Å². The Morgan fingerprint density at radius 1 is 1.29 bits per heavy atom. The molecule has 1 rings (SSSR count). The van der Waals surface area contributed by atoms with Gasteiger partial charge in [0, 0.05) is 20.5 Å². The average molecular weight is 310 g/mol. The monoisotopic (exact) mass is 310 g/mol. The number of amides is 2. The Morgan fingerprint density at radius 3 is 2.38 bits per heavy atom. The van der Waals surface area contributed by atoms with Crippen molar-refractivity contribution in [3.8, 4) is 0 Å². The molecule has 1 N–H and O–H groups in total. The van der Waals surface area contributed by atoms with Crippen LogP contribution < -0.4 is 5.32 Å². The molecule has 0 fully saturated rings. The Hall–Kier alpha value is -1.96. The molecule has 1 aromatic heterocycles. The van der Waals surface area contributed by atoms with Gasteiger partial charge in [-0.05, 0) is 19.1 Å². The van der Waals surface area contributed by atoms with Crippen molar-refractivity contribution < 1.29 is 14.4 Å². The van der Waals surface area contributed by atoms with E-state index in [-0.39, 0.29) is 17.6 Å². The van der Waals surface area contributed by atoms with Crippen molar-refractivity contribution in [2.24, 2.45) is 0 Å². The average Bonchev–Trinajstić information content (AvgIpc) is 2.45. The lowest BCUT2D eigenvalue weighted by atomic mass is 10.3. The Kier molecular flexibility index (Phi) is 6.29. The maximum Gasteiger partial charge on any atom is 0.243 e. The van der Waals surface area contributed by atoms with E-state index in [1.165, 1.54) is 11.8 Å². The van der Waals surface area contributed by atoms with Gasteiger partial charge >= 0.3 is 0 Å². The minimum atomic E-state index is -0.842. The van der Waals surface area contributed by atoms with Crippen LogP contribution in [0.4, 0.5) is 5.82 Å². The van der Waals surface area contributed by atoms with Crippen molar-refractivity contribution in [2.75, 3.05) is 19.4 Å². The van der Waals surface area contributed by atoms with Crippen LogP contribution in [0, 0.1) is 0 Å². The standard InChI is InChI=1S/C13H18N4O3S/c1-5-10(19)14-9-6-7-11(16-15-9)21-12(8(2)18)13(20)17(3)4/h6-7,12H,5H2,1-4H3,(H,14,15,19). The van der Waals surface area contributed by atoms with Crippen LogP contribution >= 0.6 is 11.8 Å². The van der Waals surface area contributed by atoms with Crippen LogP contribution in [0.3, 0.4) is 0 Å². The highest BCUT2D eigenvalue weighted by Crippen LogP contribution is 2.23. The number of Topliss-reactive ketones (excluding diaryl/α,β-unsaturated/α-hetero) is 1. The first-order chi connectivity index (χ1) is 9.85. The van der Waals surface area contributed by atoms with E-state index in [0.29, 0.717) is 17.3 Å². The van der Waals surface area contributed by atoms with Crippen molar-refractivity contribution >= 4 is 35.2 Å². The van der Waals surface area contributed by atoms with E-state index in [0.717, 1.165) is 11.8 Å². The Bertz CT molecular complexity index is 531. The third-order valence-electron chi connectivity index (χ3n) is 2.50. The molecule has 8 heteroatoms. The molecular weight excluding hydrogens is 292 g/mol. The summed E-state index contributed by atoms with van der Waals surface area (Å²) in [6.45, 7) is 3.10. The molecule has 21 heavy (non-hydrogen) atoms. The van der Waals surface area contributed by atoms with E-state index in [2.05, 4.69) is 15.5 Å². The van der Waals surface area contributed by atoms with Gasteiger partial charge < -0.3 is 10.2 Å². The van der Waals surface area contributed by atoms with E-state index < -0.39 is 5.25 Å². The number of hydrogen-bond donors (Lipinski definition) is 1. The zero-order valence-electron chi connectivity index (χ0n) is 12.4. The van der Waals surface area contributed by atoms with E-state index in [1.807, 2.05) is 0 Å². The normalized spacial score (nSPS) is 11.6. The first-order valence-corrected chi connectivity index (χ1v) is 7.25. The molecule has 0 aliphatic carbocycles. The molecule has 0 aromatic carbocycles. The lowest BCUT2D eigenvalue weighted by molar-refractivity contribution is -0.132. The van der Waals surface area contributed by atoms with Gasteiger partial charge in [-0.1, -0.05) is 18.7 Å². The fourth-order valence-corrected chi connectivity index (χ4v) is 2.30. The second-order valence-electron chi connectivity index (χ2n) is 4.50. The van der Waals surface area contributed by atoms with Gasteiger partial charge in [-0.15, -0.1) is 10.2 Å². The number of nitrogens with one attached hydrogen (secondary N) is 1. The summed E-state index contributed by atoms with van der Waals surface area (Å²) in [6.07, 6.45) is 0.349. The lowest BCUT2D eigenvalue weighted by Gasteiger charge is -2.17. The van der Waals surface area contributed by atoms with Gasteiger partial charge in [0.25, 0.3) is 0 Å². The molecule has 1 heterocycles. The first-order valence-electron chi connectivity index (χ1n) is 6.37. The van der Waals surface area contributed by atoms with Crippen LogP contribution in [-0.4, -0.2) is 52.0 Å². The van der Waals surface area contributed by atoms with Gasteiger partial charge in [0.05, 0.1) is 0 Å². The summed E-state index contributed by atoms with van der Waals surface area (Å²) in [5, 5.41) is 9.92. The van der Waals surface area contributed by atoms with Crippen molar-refractivity contribution in [1.82, 2.24) is 15.1 Å². The zero-order chi connectivity index (χ0) is 16.0. The fourth-order valence-electron chi connectivity index (χ4n) is 1.34. The van der Waals surface area contributed by atoms with Crippen molar-refractivity contribution in [3.63, 3.8) is 0 Å². The number of thioether (sulfide) groups is 1.